The molecule has 1 N–H and O–H groups in total. The zero-order valence-corrected chi connectivity index (χ0v) is 9.65. The second-order valence-electron chi connectivity index (χ2n) is 2.54. The first-order valence-corrected chi connectivity index (χ1v) is 5.09. The van der Waals surface area contributed by atoms with Gasteiger partial charge in [-0.3, -0.25) is 0 Å². The van der Waals surface area contributed by atoms with Crippen LogP contribution >= 0.6 is 27.5 Å². The number of rotatable bonds is 4. The number of hydrogen-bond donors (Lipinski definition) is 1. The molecule has 0 fully saturated rings. The van der Waals surface area contributed by atoms with Gasteiger partial charge in [-0.25, -0.2) is 0 Å². The van der Waals surface area contributed by atoms with E-state index in [0.29, 0.717) is 6.61 Å². The molecule has 0 radical (unpaired) electrons. The van der Waals surface area contributed by atoms with Crippen LogP contribution in [0.2, 0.25) is 5.02 Å². The molecule has 1 aromatic rings. The Morgan fingerprint density at radius 3 is 3.00 bits per heavy atom. The summed E-state index contributed by atoms with van der Waals surface area (Å²) in [5, 5.41) is 3.89. The topological polar surface area (TPSA) is 21.3 Å². The largest absolute Gasteiger partial charge is 0.383 e. The molecule has 72 valence electrons. The number of benzene rings is 1. The van der Waals surface area contributed by atoms with E-state index in [1.165, 1.54) is 0 Å². The first kappa shape index (κ1) is 10.8. The van der Waals surface area contributed by atoms with E-state index >= 15 is 0 Å². The third-order valence-corrected chi connectivity index (χ3v) is 2.37. The van der Waals surface area contributed by atoms with Crippen LogP contribution < -0.4 is 5.32 Å². The Kier molecular flexibility index (Phi) is 4.56. The molecule has 2 nitrogen and oxygen atoms in total. The molecule has 0 heterocycles. The van der Waals surface area contributed by atoms with Crippen LogP contribution in [0.4, 0.5) is 5.69 Å². The van der Waals surface area contributed by atoms with Crippen molar-refractivity contribution in [3.8, 4) is 0 Å². The van der Waals surface area contributed by atoms with Gasteiger partial charge in [-0.05, 0) is 18.2 Å². The Bertz CT molecular complexity index is 280. The van der Waals surface area contributed by atoms with Crippen LogP contribution in [-0.2, 0) is 4.74 Å². The summed E-state index contributed by atoms with van der Waals surface area (Å²) in [4.78, 5) is 0. The highest BCUT2D eigenvalue weighted by Crippen LogP contribution is 2.25. The monoisotopic (exact) mass is 263 g/mol. The lowest BCUT2D eigenvalue weighted by atomic mass is 10.3. The lowest BCUT2D eigenvalue weighted by molar-refractivity contribution is 0.211. The molecule has 0 aromatic heterocycles. The van der Waals surface area contributed by atoms with Crippen molar-refractivity contribution in [3.63, 3.8) is 0 Å². The van der Waals surface area contributed by atoms with Gasteiger partial charge in [0, 0.05) is 18.1 Å². The average Bonchev–Trinajstić information content (AvgIpc) is 2.11. The summed E-state index contributed by atoms with van der Waals surface area (Å²) in [5.41, 5.74) is 0.924. The quantitative estimate of drug-likeness (QED) is 0.844. The summed E-state index contributed by atoms with van der Waals surface area (Å²) in [6.45, 7) is 1.43. The van der Waals surface area contributed by atoms with Crippen molar-refractivity contribution in [2.45, 2.75) is 0 Å². The molecule has 1 aromatic carbocycles. The number of halogens is 2. The van der Waals surface area contributed by atoms with E-state index in [4.69, 9.17) is 16.3 Å². The minimum atomic E-state index is 0.669. The summed E-state index contributed by atoms with van der Waals surface area (Å²) in [5.74, 6) is 0. The lowest BCUT2D eigenvalue weighted by Gasteiger charge is -2.07. The average molecular weight is 265 g/mol. The normalized spacial score (nSPS) is 10.1. The van der Waals surface area contributed by atoms with E-state index in [0.717, 1.165) is 21.7 Å². The molecular weight excluding hydrogens is 253 g/mol. The van der Waals surface area contributed by atoms with Gasteiger partial charge in [0.15, 0.2) is 0 Å². The number of methoxy groups -OCH3 is 1. The van der Waals surface area contributed by atoms with Crippen LogP contribution in [0.1, 0.15) is 0 Å². The molecule has 0 bridgehead atoms. The van der Waals surface area contributed by atoms with Gasteiger partial charge < -0.3 is 10.1 Å². The Morgan fingerprint density at radius 2 is 2.31 bits per heavy atom. The number of anilines is 1. The first-order valence-electron chi connectivity index (χ1n) is 3.92. The van der Waals surface area contributed by atoms with Gasteiger partial charge in [0.05, 0.1) is 17.3 Å². The summed E-state index contributed by atoms with van der Waals surface area (Å²) in [7, 11) is 1.67. The summed E-state index contributed by atoms with van der Waals surface area (Å²) < 4.78 is 5.93. The Balaban J connectivity index is 2.59. The van der Waals surface area contributed by atoms with Crippen molar-refractivity contribution < 1.29 is 4.74 Å². The van der Waals surface area contributed by atoms with E-state index in [-0.39, 0.29) is 0 Å². The maximum atomic E-state index is 5.95. The van der Waals surface area contributed by atoms with Gasteiger partial charge in [-0.1, -0.05) is 27.5 Å². The van der Waals surface area contributed by atoms with E-state index < -0.39 is 0 Å². The van der Waals surface area contributed by atoms with Gasteiger partial charge in [-0.2, -0.15) is 0 Å². The highest BCUT2D eigenvalue weighted by atomic mass is 79.9. The maximum absolute atomic E-state index is 5.95. The van der Waals surface area contributed by atoms with Crippen molar-refractivity contribution in [1.82, 2.24) is 0 Å². The molecule has 0 aliphatic carbocycles. The minimum absolute atomic E-state index is 0.669. The molecule has 0 aliphatic heterocycles. The zero-order valence-electron chi connectivity index (χ0n) is 7.31. The van der Waals surface area contributed by atoms with Crippen molar-refractivity contribution in [2.75, 3.05) is 25.6 Å². The smallest absolute Gasteiger partial charge is 0.0638 e. The molecule has 13 heavy (non-hydrogen) atoms. The fourth-order valence-electron chi connectivity index (χ4n) is 0.921. The van der Waals surface area contributed by atoms with Crippen LogP contribution in [0.5, 0.6) is 0 Å². The molecule has 0 amide bonds. The van der Waals surface area contributed by atoms with Crippen molar-refractivity contribution in [2.24, 2.45) is 0 Å². The van der Waals surface area contributed by atoms with E-state index in [9.17, 15) is 0 Å². The summed E-state index contributed by atoms with van der Waals surface area (Å²) >= 11 is 9.33. The van der Waals surface area contributed by atoms with Gasteiger partial charge in [0.25, 0.3) is 0 Å². The van der Waals surface area contributed by atoms with Crippen molar-refractivity contribution in [3.05, 3.63) is 27.7 Å². The highest BCUT2D eigenvalue weighted by molar-refractivity contribution is 9.10. The van der Waals surface area contributed by atoms with Gasteiger partial charge in [0.2, 0.25) is 0 Å². The fraction of sp³-hybridized carbons (Fsp3) is 0.333. The third kappa shape index (κ3) is 3.55. The summed E-state index contributed by atoms with van der Waals surface area (Å²) in [6.07, 6.45) is 0. The molecule has 0 unspecified atom stereocenters. The minimum Gasteiger partial charge on any atom is -0.383 e. The third-order valence-electron chi connectivity index (χ3n) is 1.55. The molecule has 0 spiro atoms. The SMILES string of the molecule is COCCNc1cc(Br)ccc1Cl. The van der Waals surface area contributed by atoms with Crippen LogP contribution in [0.3, 0.4) is 0 Å². The van der Waals surface area contributed by atoms with E-state index in [1.807, 2.05) is 18.2 Å². The molecule has 0 aliphatic rings. The second-order valence-corrected chi connectivity index (χ2v) is 3.87. The predicted molar refractivity (Wildman–Crippen MR) is 59.5 cm³/mol. The number of ether oxygens (including phenoxy) is 1. The number of nitrogens with one attached hydrogen (secondary N) is 1. The van der Waals surface area contributed by atoms with Crippen LogP contribution in [0.25, 0.3) is 0 Å². The lowest BCUT2D eigenvalue weighted by Crippen LogP contribution is -2.07. The van der Waals surface area contributed by atoms with Crippen LogP contribution in [0, 0.1) is 0 Å². The van der Waals surface area contributed by atoms with Gasteiger partial charge in [-0.15, -0.1) is 0 Å². The molecule has 1 rings (SSSR count). The number of hydrogen-bond acceptors (Lipinski definition) is 2. The van der Waals surface area contributed by atoms with Gasteiger partial charge >= 0.3 is 0 Å². The Labute approximate surface area is 91.4 Å². The Morgan fingerprint density at radius 1 is 1.54 bits per heavy atom. The Hall–Kier alpha value is -0.250. The first-order chi connectivity index (χ1) is 6.24. The van der Waals surface area contributed by atoms with Crippen LogP contribution in [-0.4, -0.2) is 20.3 Å². The highest BCUT2D eigenvalue weighted by Gasteiger charge is 1.99. The maximum Gasteiger partial charge on any atom is 0.0638 e. The molecule has 0 saturated carbocycles. The zero-order chi connectivity index (χ0) is 9.68. The molecular formula is C9H11BrClNO. The van der Waals surface area contributed by atoms with Crippen molar-refractivity contribution in [1.29, 1.82) is 0 Å². The molecule has 0 atom stereocenters. The van der Waals surface area contributed by atoms with Crippen molar-refractivity contribution >= 4 is 33.2 Å². The standard InChI is InChI=1S/C9H11BrClNO/c1-13-5-4-12-9-6-7(10)2-3-8(9)11/h2-3,6,12H,4-5H2,1H3. The van der Waals surface area contributed by atoms with E-state index in [1.54, 1.807) is 7.11 Å². The van der Waals surface area contributed by atoms with Crippen LogP contribution in [0.15, 0.2) is 22.7 Å². The fourth-order valence-corrected chi connectivity index (χ4v) is 1.47. The molecule has 4 heteroatoms. The van der Waals surface area contributed by atoms with E-state index in [2.05, 4.69) is 21.2 Å². The van der Waals surface area contributed by atoms with Gasteiger partial charge in [0.1, 0.15) is 0 Å². The molecule has 0 saturated heterocycles. The second kappa shape index (κ2) is 5.47. The summed E-state index contributed by atoms with van der Waals surface area (Å²) in [6, 6.07) is 5.70. The predicted octanol–water partition coefficient (Wildman–Crippen LogP) is 3.16.